The Morgan fingerprint density at radius 2 is 1.90 bits per heavy atom. The minimum Gasteiger partial charge on any atom is -0.497 e. The molecule has 1 aromatic carbocycles. The van der Waals surface area contributed by atoms with Crippen LogP contribution in [0.2, 0.25) is 0 Å². The van der Waals surface area contributed by atoms with Gasteiger partial charge in [0.25, 0.3) is 5.56 Å². The molecule has 0 aliphatic carbocycles. The van der Waals surface area contributed by atoms with E-state index < -0.39 is 0 Å². The summed E-state index contributed by atoms with van der Waals surface area (Å²) in [5.74, 6) is 1.34. The number of fused-ring (bicyclic) bond motifs is 1. The van der Waals surface area contributed by atoms with Gasteiger partial charge in [0.15, 0.2) is 5.82 Å². The van der Waals surface area contributed by atoms with E-state index in [1.165, 1.54) is 10.7 Å². The number of aromatic nitrogens is 6. The molecular formula is C21H19N7O3. The second kappa shape index (κ2) is 7.24. The normalized spacial score (nSPS) is 15.4. The number of aryl methyl sites for hydroxylation is 1. The van der Waals surface area contributed by atoms with Crippen LogP contribution in [0.4, 0.5) is 5.82 Å². The van der Waals surface area contributed by atoms with Crippen molar-refractivity contribution in [1.82, 2.24) is 30.2 Å². The Labute approximate surface area is 176 Å². The summed E-state index contributed by atoms with van der Waals surface area (Å²) in [4.78, 5) is 24.0. The Kier molecular flexibility index (Phi) is 4.39. The SMILES string of the molecule is COc1ccc(-c2[nH]ncc2C2CC(=O)Nc3c2c(C)nn3-c2ccc(=O)[nH]n2)cc1. The average molecular weight is 417 g/mol. The highest BCUT2D eigenvalue weighted by Gasteiger charge is 2.35. The molecule has 1 aliphatic heterocycles. The molecule has 1 amide bonds. The van der Waals surface area contributed by atoms with E-state index in [0.29, 0.717) is 11.6 Å². The summed E-state index contributed by atoms with van der Waals surface area (Å²) in [5, 5.41) is 21.3. The van der Waals surface area contributed by atoms with E-state index >= 15 is 0 Å². The van der Waals surface area contributed by atoms with Crippen molar-refractivity contribution in [1.29, 1.82) is 0 Å². The molecule has 0 fully saturated rings. The largest absolute Gasteiger partial charge is 0.497 e. The quantitative estimate of drug-likeness (QED) is 0.466. The molecule has 0 saturated carbocycles. The smallest absolute Gasteiger partial charge is 0.264 e. The van der Waals surface area contributed by atoms with Gasteiger partial charge in [-0.25, -0.2) is 5.10 Å². The second-order valence-corrected chi connectivity index (χ2v) is 7.27. The minimum absolute atomic E-state index is 0.134. The summed E-state index contributed by atoms with van der Waals surface area (Å²) in [6.07, 6.45) is 2.02. The molecule has 156 valence electrons. The molecule has 0 saturated heterocycles. The van der Waals surface area contributed by atoms with E-state index in [2.05, 4.69) is 30.8 Å². The van der Waals surface area contributed by atoms with Crippen LogP contribution >= 0.6 is 0 Å². The molecule has 5 rings (SSSR count). The lowest BCUT2D eigenvalue weighted by Gasteiger charge is -2.24. The predicted octanol–water partition coefficient (Wildman–Crippen LogP) is 2.14. The van der Waals surface area contributed by atoms with E-state index in [0.717, 1.165) is 33.8 Å². The highest BCUT2D eigenvalue weighted by atomic mass is 16.5. The van der Waals surface area contributed by atoms with E-state index in [4.69, 9.17) is 4.74 Å². The van der Waals surface area contributed by atoms with Crippen molar-refractivity contribution in [3.05, 3.63) is 69.8 Å². The molecule has 1 unspecified atom stereocenters. The van der Waals surface area contributed by atoms with Crippen LogP contribution in [0.15, 0.2) is 47.4 Å². The van der Waals surface area contributed by atoms with E-state index in [1.807, 2.05) is 31.2 Å². The van der Waals surface area contributed by atoms with Crippen LogP contribution in [0.3, 0.4) is 0 Å². The number of nitrogens with one attached hydrogen (secondary N) is 3. The summed E-state index contributed by atoms with van der Waals surface area (Å²) in [6, 6.07) is 10.6. The topological polar surface area (TPSA) is 131 Å². The highest BCUT2D eigenvalue weighted by molar-refractivity contribution is 5.95. The maximum absolute atomic E-state index is 12.6. The number of hydrogen-bond donors (Lipinski definition) is 3. The zero-order chi connectivity index (χ0) is 21.5. The van der Waals surface area contributed by atoms with Crippen LogP contribution in [0.25, 0.3) is 17.1 Å². The van der Waals surface area contributed by atoms with Gasteiger partial charge in [0, 0.05) is 35.1 Å². The van der Waals surface area contributed by atoms with Gasteiger partial charge in [0.1, 0.15) is 11.6 Å². The summed E-state index contributed by atoms with van der Waals surface area (Å²) >= 11 is 0. The predicted molar refractivity (Wildman–Crippen MR) is 112 cm³/mol. The van der Waals surface area contributed by atoms with Crippen molar-refractivity contribution < 1.29 is 9.53 Å². The number of methoxy groups -OCH3 is 1. The maximum Gasteiger partial charge on any atom is 0.264 e. The van der Waals surface area contributed by atoms with Crippen molar-refractivity contribution in [3.63, 3.8) is 0 Å². The number of aromatic amines is 2. The Balaban J connectivity index is 1.62. The standard InChI is InChI=1S/C21H19N7O3/c1-11-19-14(15-10-22-26-20(15)12-3-5-13(31-2)6-4-12)9-18(30)23-21(19)28(27-11)16-7-8-17(29)25-24-16/h3-8,10,14H,9H2,1-2H3,(H,22,26)(H,23,30)(H,25,29). The first kappa shape index (κ1) is 18.8. The third-order valence-corrected chi connectivity index (χ3v) is 5.41. The molecule has 31 heavy (non-hydrogen) atoms. The van der Waals surface area contributed by atoms with Crippen LogP contribution in [0, 0.1) is 6.92 Å². The van der Waals surface area contributed by atoms with Crippen molar-refractivity contribution in [2.75, 3.05) is 12.4 Å². The van der Waals surface area contributed by atoms with Crippen molar-refractivity contribution in [2.45, 2.75) is 19.3 Å². The number of benzene rings is 1. The summed E-state index contributed by atoms with van der Waals surface area (Å²) in [5.41, 5.74) is 4.01. The zero-order valence-corrected chi connectivity index (χ0v) is 16.8. The first-order valence-corrected chi connectivity index (χ1v) is 9.68. The number of nitrogens with zero attached hydrogens (tertiary/aromatic N) is 4. The Morgan fingerprint density at radius 1 is 1.10 bits per heavy atom. The number of amides is 1. The van der Waals surface area contributed by atoms with E-state index in [-0.39, 0.29) is 23.8 Å². The third kappa shape index (κ3) is 3.18. The van der Waals surface area contributed by atoms with Gasteiger partial charge in [-0.05, 0) is 37.3 Å². The van der Waals surface area contributed by atoms with Crippen LogP contribution in [0.5, 0.6) is 5.75 Å². The summed E-state index contributed by atoms with van der Waals surface area (Å²) in [7, 11) is 1.62. The first-order valence-electron chi connectivity index (χ1n) is 9.68. The molecule has 3 aromatic heterocycles. The molecule has 1 atom stereocenters. The number of ether oxygens (including phenoxy) is 1. The third-order valence-electron chi connectivity index (χ3n) is 5.41. The van der Waals surface area contributed by atoms with Gasteiger partial charge in [0.2, 0.25) is 5.91 Å². The minimum atomic E-state index is -0.314. The Hall–Kier alpha value is -4.21. The molecule has 0 spiro atoms. The number of rotatable bonds is 4. The second-order valence-electron chi connectivity index (χ2n) is 7.27. The maximum atomic E-state index is 12.6. The van der Waals surface area contributed by atoms with Gasteiger partial charge >= 0.3 is 0 Å². The average Bonchev–Trinajstić information content (AvgIpc) is 3.39. The fourth-order valence-electron chi connectivity index (χ4n) is 3.98. The first-order chi connectivity index (χ1) is 15.0. The van der Waals surface area contributed by atoms with Gasteiger partial charge < -0.3 is 10.1 Å². The van der Waals surface area contributed by atoms with Crippen molar-refractivity contribution in [2.24, 2.45) is 0 Å². The van der Waals surface area contributed by atoms with Gasteiger partial charge in [-0.2, -0.15) is 20.0 Å². The van der Waals surface area contributed by atoms with Gasteiger partial charge in [-0.1, -0.05) is 0 Å². The monoisotopic (exact) mass is 417 g/mol. The molecule has 4 heterocycles. The molecule has 10 heteroatoms. The number of anilines is 1. The molecule has 4 aromatic rings. The number of hydrogen-bond acceptors (Lipinski definition) is 6. The van der Waals surface area contributed by atoms with Crippen molar-refractivity contribution >= 4 is 11.7 Å². The van der Waals surface area contributed by atoms with Gasteiger partial charge in [-0.3, -0.25) is 14.7 Å². The molecule has 0 bridgehead atoms. The number of carbonyl (C=O) groups excluding carboxylic acids is 1. The lowest BCUT2D eigenvalue weighted by atomic mass is 9.85. The van der Waals surface area contributed by atoms with Gasteiger partial charge in [-0.15, -0.1) is 0 Å². The van der Waals surface area contributed by atoms with E-state index in [9.17, 15) is 9.59 Å². The lowest BCUT2D eigenvalue weighted by molar-refractivity contribution is -0.116. The lowest BCUT2D eigenvalue weighted by Crippen LogP contribution is -2.25. The molecule has 1 aliphatic rings. The van der Waals surface area contributed by atoms with Crippen LogP contribution < -0.4 is 15.6 Å². The fourth-order valence-corrected chi connectivity index (χ4v) is 3.98. The fraction of sp³-hybridized carbons (Fsp3) is 0.190. The zero-order valence-electron chi connectivity index (χ0n) is 16.8. The number of carbonyl (C=O) groups is 1. The number of H-pyrrole nitrogens is 2. The molecular weight excluding hydrogens is 398 g/mol. The van der Waals surface area contributed by atoms with Crippen molar-refractivity contribution in [3.8, 4) is 22.8 Å². The Morgan fingerprint density at radius 3 is 2.61 bits per heavy atom. The summed E-state index contributed by atoms with van der Waals surface area (Å²) in [6.45, 7) is 1.89. The highest BCUT2D eigenvalue weighted by Crippen LogP contribution is 2.42. The van der Waals surface area contributed by atoms with E-state index in [1.54, 1.807) is 19.4 Å². The van der Waals surface area contributed by atoms with Crippen LogP contribution in [0.1, 0.15) is 29.2 Å². The molecule has 0 radical (unpaired) electrons. The van der Waals surface area contributed by atoms with Crippen LogP contribution in [-0.2, 0) is 4.79 Å². The Bertz CT molecular complexity index is 1310. The molecule has 3 N–H and O–H groups in total. The summed E-state index contributed by atoms with van der Waals surface area (Å²) < 4.78 is 6.78. The van der Waals surface area contributed by atoms with Crippen LogP contribution in [-0.4, -0.2) is 43.2 Å². The molecule has 10 nitrogen and oxygen atoms in total. The van der Waals surface area contributed by atoms with Gasteiger partial charge in [0.05, 0.1) is 24.7 Å².